The van der Waals surface area contributed by atoms with Crippen LogP contribution in [0.15, 0.2) is 0 Å². The number of nitrogens with zero attached hydrogens (tertiary/aromatic N) is 1. The number of carbonyl (C=O) groups is 1. The molecule has 0 rings (SSSR count). The predicted octanol–water partition coefficient (Wildman–Crippen LogP) is 0.166. The lowest BCUT2D eigenvalue weighted by Gasteiger charge is -2.25. The van der Waals surface area contributed by atoms with Crippen molar-refractivity contribution in [2.75, 3.05) is 19.9 Å². The van der Waals surface area contributed by atoms with Crippen LogP contribution < -0.4 is 0 Å². The van der Waals surface area contributed by atoms with Gasteiger partial charge in [0.05, 0.1) is 6.61 Å². The minimum atomic E-state index is -0.621. The van der Waals surface area contributed by atoms with Crippen molar-refractivity contribution in [3.63, 3.8) is 0 Å². The van der Waals surface area contributed by atoms with Gasteiger partial charge in [-0.1, -0.05) is 0 Å². The first-order chi connectivity index (χ1) is 5.90. The molecule has 0 aromatic heterocycles. The molecule has 5 heteroatoms. The second-order valence-electron chi connectivity index (χ2n) is 3.61. The Morgan fingerprint density at radius 2 is 1.92 bits per heavy atom. The first-order valence-corrected chi connectivity index (χ1v) is 4.10. The van der Waals surface area contributed by atoms with E-state index in [-0.39, 0.29) is 13.2 Å². The molecule has 0 spiro atoms. The van der Waals surface area contributed by atoms with Gasteiger partial charge in [0.25, 0.3) is 0 Å². The van der Waals surface area contributed by atoms with E-state index in [0.717, 1.165) is 4.90 Å². The lowest BCUT2D eigenvalue weighted by molar-refractivity contribution is 0.00220. The van der Waals surface area contributed by atoms with Gasteiger partial charge in [0.15, 0.2) is 0 Å². The minimum Gasteiger partial charge on any atom is -0.444 e. The van der Waals surface area contributed by atoms with Gasteiger partial charge in [-0.2, -0.15) is 0 Å². The molecule has 0 aliphatic heterocycles. The Kier molecular flexibility index (Phi) is 4.72. The number of carbonyl (C=O) groups excluding carboxylic acids is 1. The molecule has 0 unspecified atom stereocenters. The maximum atomic E-state index is 11.2. The number of hydrogen-bond acceptors (Lipinski definition) is 4. The molecule has 13 heavy (non-hydrogen) atoms. The Hall–Kier alpha value is -0.810. The zero-order valence-corrected chi connectivity index (χ0v) is 8.28. The number of amides is 1. The van der Waals surface area contributed by atoms with Crippen LogP contribution in [0.25, 0.3) is 0 Å². The second-order valence-corrected chi connectivity index (χ2v) is 3.61. The molecule has 1 amide bonds. The van der Waals surface area contributed by atoms with Crippen molar-refractivity contribution < 1.29 is 19.7 Å². The van der Waals surface area contributed by atoms with E-state index in [1.807, 2.05) is 0 Å². The summed E-state index contributed by atoms with van der Waals surface area (Å²) in [4.78, 5) is 12.2. The van der Waals surface area contributed by atoms with Crippen molar-refractivity contribution in [2.24, 2.45) is 0 Å². The fourth-order valence-electron chi connectivity index (χ4n) is 0.667. The molecule has 0 fully saturated rings. The number of ether oxygens (including phenoxy) is 1. The maximum absolute atomic E-state index is 11.2. The van der Waals surface area contributed by atoms with E-state index in [9.17, 15) is 4.79 Å². The highest BCUT2D eigenvalue weighted by atomic mass is 16.6. The topological polar surface area (TPSA) is 70.0 Å². The fourth-order valence-corrected chi connectivity index (χ4v) is 0.667. The highest BCUT2D eigenvalue weighted by Crippen LogP contribution is 2.09. The Morgan fingerprint density at radius 3 is 2.23 bits per heavy atom. The second kappa shape index (κ2) is 5.04. The van der Waals surface area contributed by atoms with Crippen LogP contribution in [-0.2, 0) is 4.74 Å². The molecule has 2 N–H and O–H groups in total. The highest BCUT2D eigenvalue weighted by Gasteiger charge is 2.20. The van der Waals surface area contributed by atoms with Gasteiger partial charge in [0.2, 0.25) is 0 Å². The van der Waals surface area contributed by atoms with Crippen LogP contribution in [0.2, 0.25) is 0 Å². The number of rotatable bonds is 3. The molecule has 0 aromatic rings. The third-order valence-electron chi connectivity index (χ3n) is 1.19. The molecule has 0 radical (unpaired) electrons. The summed E-state index contributed by atoms with van der Waals surface area (Å²) >= 11 is 0. The summed E-state index contributed by atoms with van der Waals surface area (Å²) < 4.78 is 4.96. The Morgan fingerprint density at radius 1 is 1.38 bits per heavy atom. The van der Waals surface area contributed by atoms with Gasteiger partial charge in [0, 0.05) is 6.54 Å². The van der Waals surface area contributed by atoms with E-state index in [1.54, 1.807) is 20.8 Å². The van der Waals surface area contributed by atoms with Gasteiger partial charge >= 0.3 is 6.09 Å². The Bertz CT molecular complexity index is 164. The van der Waals surface area contributed by atoms with Gasteiger partial charge in [-0.25, -0.2) is 4.79 Å². The minimum absolute atomic E-state index is 0.0748. The predicted molar refractivity (Wildman–Crippen MR) is 47.1 cm³/mol. The largest absolute Gasteiger partial charge is 0.444 e. The molecular formula is C8H17NO4. The summed E-state index contributed by atoms with van der Waals surface area (Å²) in [6, 6.07) is 0. The van der Waals surface area contributed by atoms with Crippen molar-refractivity contribution in [3.05, 3.63) is 0 Å². The molecular weight excluding hydrogens is 174 g/mol. The summed E-state index contributed by atoms with van der Waals surface area (Å²) in [5.41, 5.74) is -0.583. The van der Waals surface area contributed by atoms with Crippen molar-refractivity contribution in [3.8, 4) is 0 Å². The van der Waals surface area contributed by atoms with Gasteiger partial charge in [-0.15, -0.1) is 0 Å². The number of aliphatic hydroxyl groups is 2. The molecule has 0 bridgehead atoms. The zero-order chi connectivity index (χ0) is 10.5. The van der Waals surface area contributed by atoms with Gasteiger partial charge in [-0.05, 0) is 20.8 Å². The van der Waals surface area contributed by atoms with Crippen molar-refractivity contribution in [1.29, 1.82) is 0 Å². The lowest BCUT2D eigenvalue weighted by atomic mass is 10.2. The molecule has 0 atom stereocenters. The van der Waals surface area contributed by atoms with Crippen LogP contribution in [-0.4, -0.2) is 46.7 Å². The van der Waals surface area contributed by atoms with Crippen molar-refractivity contribution in [1.82, 2.24) is 4.90 Å². The fraction of sp³-hybridized carbons (Fsp3) is 0.875. The third-order valence-corrected chi connectivity index (χ3v) is 1.19. The highest BCUT2D eigenvalue weighted by molar-refractivity contribution is 5.67. The van der Waals surface area contributed by atoms with E-state index in [2.05, 4.69) is 0 Å². The number of aliphatic hydroxyl groups excluding tert-OH is 2. The summed E-state index contributed by atoms with van der Waals surface area (Å²) in [7, 11) is 0. The van der Waals surface area contributed by atoms with Gasteiger partial charge in [0.1, 0.15) is 12.3 Å². The molecule has 0 heterocycles. The maximum Gasteiger partial charge on any atom is 0.412 e. The van der Waals surface area contributed by atoms with E-state index in [0.29, 0.717) is 0 Å². The van der Waals surface area contributed by atoms with Crippen LogP contribution in [0, 0.1) is 0 Å². The van der Waals surface area contributed by atoms with E-state index in [1.165, 1.54) is 0 Å². The zero-order valence-electron chi connectivity index (χ0n) is 8.28. The van der Waals surface area contributed by atoms with E-state index >= 15 is 0 Å². The van der Waals surface area contributed by atoms with Crippen LogP contribution in [0.4, 0.5) is 4.79 Å². The van der Waals surface area contributed by atoms with Gasteiger partial charge < -0.3 is 14.9 Å². The van der Waals surface area contributed by atoms with Crippen LogP contribution in [0.5, 0.6) is 0 Å². The molecule has 78 valence electrons. The molecule has 0 aliphatic rings. The van der Waals surface area contributed by atoms with E-state index in [4.69, 9.17) is 14.9 Å². The Labute approximate surface area is 77.9 Å². The lowest BCUT2D eigenvalue weighted by Crippen LogP contribution is -2.38. The van der Waals surface area contributed by atoms with E-state index < -0.39 is 18.4 Å². The summed E-state index contributed by atoms with van der Waals surface area (Å²) in [6.07, 6.45) is -0.621. The quantitative estimate of drug-likeness (QED) is 0.624. The molecule has 5 nitrogen and oxygen atoms in total. The SMILES string of the molecule is CC(C)(C)OC(=O)N(CO)CCO. The van der Waals surface area contributed by atoms with Crippen LogP contribution in [0.3, 0.4) is 0 Å². The van der Waals surface area contributed by atoms with Crippen LogP contribution >= 0.6 is 0 Å². The normalized spacial score (nSPS) is 11.2. The summed E-state index contributed by atoms with van der Waals surface area (Å²) in [5, 5.41) is 17.3. The molecule has 0 saturated carbocycles. The first-order valence-electron chi connectivity index (χ1n) is 4.10. The number of hydrogen-bond donors (Lipinski definition) is 2. The van der Waals surface area contributed by atoms with Crippen LogP contribution in [0.1, 0.15) is 20.8 Å². The van der Waals surface area contributed by atoms with Crippen molar-refractivity contribution in [2.45, 2.75) is 26.4 Å². The monoisotopic (exact) mass is 191 g/mol. The Balaban J connectivity index is 4.06. The average molecular weight is 191 g/mol. The molecule has 0 aromatic carbocycles. The van der Waals surface area contributed by atoms with Gasteiger partial charge in [-0.3, -0.25) is 4.90 Å². The molecule has 0 saturated heterocycles. The summed E-state index contributed by atoms with van der Waals surface area (Å²) in [5.74, 6) is 0. The smallest absolute Gasteiger partial charge is 0.412 e. The average Bonchev–Trinajstić information content (AvgIpc) is 1.96. The summed E-state index contributed by atoms with van der Waals surface area (Å²) in [6.45, 7) is 4.64. The standard InChI is InChI=1S/C8H17NO4/c1-8(2,3)13-7(12)9(6-11)4-5-10/h10-11H,4-6H2,1-3H3. The first kappa shape index (κ1) is 12.2. The third kappa shape index (κ3) is 5.43. The van der Waals surface area contributed by atoms with Crippen molar-refractivity contribution >= 4 is 6.09 Å². The molecule has 0 aliphatic carbocycles.